The number of nitrogens with one attached hydrogen (secondary N) is 1. The SMILES string of the molecule is Cc1nn(-c2ccccc2)cc1CCCNC(=O)c1cn(C)nc1-c1ccc(F)cc1F. The second kappa shape index (κ2) is 9.13. The van der Waals surface area contributed by atoms with Gasteiger partial charge in [0.25, 0.3) is 5.91 Å². The predicted octanol–water partition coefficient (Wildman–Crippen LogP) is 4.22. The molecular weight excluding hydrogens is 412 g/mol. The minimum atomic E-state index is -0.761. The van der Waals surface area contributed by atoms with Crippen LogP contribution in [-0.4, -0.2) is 32.0 Å². The van der Waals surface area contributed by atoms with Crippen LogP contribution in [0.3, 0.4) is 0 Å². The Balaban J connectivity index is 1.39. The molecule has 0 fully saturated rings. The summed E-state index contributed by atoms with van der Waals surface area (Å²) in [5, 5.41) is 11.6. The lowest BCUT2D eigenvalue weighted by atomic mass is 10.1. The summed E-state index contributed by atoms with van der Waals surface area (Å²) in [5.74, 6) is -1.80. The molecule has 2 aromatic heterocycles. The summed E-state index contributed by atoms with van der Waals surface area (Å²) in [4.78, 5) is 12.7. The number of amides is 1. The largest absolute Gasteiger partial charge is 0.352 e. The van der Waals surface area contributed by atoms with E-state index in [9.17, 15) is 13.6 Å². The first-order valence-electron chi connectivity index (χ1n) is 10.3. The minimum Gasteiger partial charge on any atom is -0.352 e. The lowest BCUT2D eigenvalue weighted by Gasteiger charge is -2.06. The monoisotopic (exact) mass is 435 g/mol. The van der Waals surface area contributed by atoms with Gasteiger partial charge in [-0.2, -0.15) is 10.2 Å². The zero-order chi connectivity index (χ0) is 22.7. The number of nitrogens with zero attached hydrogens (tertiary/aromatic N) is 4. The second-order valence-corrected chi connectivity index (χ2v) is 7.57. The number of carbonyl (C=O) groups excluding carboxylic acids is 1. The van der Waals surface area contributed by atoms with Gasteiger partial charge in [0.2, 0.25) is 0 Å². The Morgan fingerprint density at radius 3 is 2.59 bits per heavy atom. The number of para-hydroxylation sites is 1. The molecule has 0 unspecified atom stereocenters. The van der Waals surface area contributed by atoms with E-state index in [1.165, 1.54) is 16.9 Å². The summed E-state index contributed by atoms with van der Waals surface area (Å²) in [7, 11) is 1.65. The van der Waals surface area contributed by atoms with Gasteiger partial charge in [0.1, 0.15) is 17.3 Å². The number of carbonyl (C=O) groups is 1. The van der Waals surface area contributed by atoms with E-state index in [1.807, 2.05) is 48.1 Å². The van der Waals surface area contributed by atoms with Crippen molar-refractivity contribution in [2.75, 3.05) is 6.54 Å². The van der Waals surface area contributed by atoms with Crippen LogP contribution in [0.1, 0.15) is 28.0 Å². The molecule has 1 amide bonds. The lowest BCUT2D eigenvalue weighted by molar-refractivity contribution is 0.0954. The summed E-state index contributed by atoms with van der Waals surface area (Å²) >= 11 is 0. The van der Waals surface area contributed by atoms with E-state index in [0.29, 0.717) is 13.0 Å². The molecule has 0 aliphatic carbocycles. The zero-order valence-corrected chi connectivity index (χ0v) is 17.8. The summed E-state index contributed by atoms with van der Waals surface area (Å²) in [6.45, 7) is 2.40. The fraction of sp³-hybridized carbons (Fsp3) is 0.208. The standard InChI is InChI=1S/C24H23F2N5O/c1-16-17(14-31(28-16)19-8-4-3-5-9-19)7-6-12-27-24(32)21-15-30(2)29-23(21)20-11-10-18(25)13-22(20)26/h3-5,8-11,13-15H,6-7,12H2,1-2H3,(H,27,32). The molecule has 0 spiro atoms. The van der Waals surface area contributed by atoms with Gasteiger partial charge in [-0.15, -0.1) is 0 Å². The number of hydrogen-bond donors (Lipinski definition) is 1. The van der Waals surface area contributed by atoms with Crippen LogP contribution >= 0.6 is 0 Å². The Kier molecular flexibility index (Phi) is 6.11. The molecule has 2 heterocycles. The molecule has 0 atom stereocenters. The highest BCUT2D eigenvalue weighted by Crippen LogP contribution is 2.25. The Hall–Kier alpha value is -3.81. The number of benzene rings is 2. The number of rotatable bonds is 7. The van der Waals surface area contributed by atoms with Gasteiger partial charge in [-0.1, -0.05) is 18.2 Å². The van der Waals surface area contributed by atoms with Gasteiger partial charge in [-0.05, 0) is 49.6 Å². The Labute approximate surface area is 184 Å². The molecule has 32 heavy (non-hydrogen) atoms. The molecule has 6 nitrogen and oxygen atoms in total. The van der Waals surface area contributed by atoms with Gasteiger partial charge in [-0.25, -0.2) is 13.5 Å². The molecule has 4 aromatic rings. The number of halogens is 2. The normalized spacial score (nSPS) is 11.0. The van der Waals surface area contributed by atoms with Crippen molar-refractivity contribution in [1.29, 1.82) is 0 Å². The van der Waals surface area contributed by atoms with E-state index in [4.69, 9.17) is 0 Å². The maximum absolute atomic E-state index is 14.2. The highest BCUT2D eigenvalue weighted by atomic mass is 19.1. The molecular formula is C24H23F2N5O. The van der Waals surface area contributed by atoms with Crippen LogP contribution in [0.2, 0.25) is 0 Å². The fourth-order valence-electron chi connectivity index (χ4n) is 3.57. The third kappa shape index (κ3) is 4.59. The fourth-order valence-corrected chi connectivity index (χ4v) is 3.57. The maximum Gasteiger partial charge on any atom is 0.255 e. The third-order valence-corrected chi connectivity index (χ3v) is 5.19. The smallest absolute Gasteiger partial charge is 0.255 e. The molecule has 0 radical (unpaired) electrons. The quantitative estimate of drug-likeness (QED) is 0.442. The van der Waals surface area contributed by atoms with E-state index < -0.39 is 11.6 Å². The minimum absolute atomic E-state index is 0.0844. The first-order valence-corrected chi connectivity index (χ1v) is 10.3. The van der Waals surface area contributed by atoms with Gasteiger partial charge in [0, 0.05) is 37.6 Å². The molecule has 4 rings (SSSR count). The number of hydrogen-bond acceptors (Lipinski definition) is 3. The van der Waals surface area contributed by atoms with Gasteiger partial charge >= 0.3 is 0 Å². The van der Waals surface area contributed by atoms with Crippen molar-refractivity contribution in [2.45, 2.75) is 19.8 Å². The van der Waals surface area contributed by atoms with Crippen LogP contribution in [-0.2, 0) is 13.5 Å². The predicted molar refractivity (Wildman–Crippen MR) is 118 cm³/mol. The van der Waals surface area contributed by atoms with Gasteiger partial charge in [0.15, 0.2) is 0 Å². The Morgan fingerprint density at radius 1 is 1.06 bits per heavy atom. The van der Waals surface area contributed by atoms with E-state index in [1.54, 1.807) is 7.05 Å². The first kappa shape index (κ1) is 21.4. The number of aromatic nitrogens is 4. The summed E-state index contributed by atoms with van der Waals surface area (Å²) < 4.78 is 30.8. The number of aryl methyl sites for hydroxylation is 3. The van der Waals surface area contributed by atoms with Crippen molar-refractivity contribution < 1.29 is 13.6 Å². The van der Waals surface area contributed by atoms with Gasteiger partial charge < -0.3 is 5.32 Å². The first-order chi connectivity index (χ1) is 15.4. The van der Waals surface area contributed by atoms with E-state index >= 15 is 0 Å². The summed E-state index contributed by atoms with van der Waals surface area (Å²) in [5.41, 5.74) is 3.56. The summed E-state index contributed by atoms with van der Waals surface area (Å²) in [6, 6.07) is 13.1. The van der Waals surface area contributed by atoms with Crippen LogP contribution in [0.15, 0.2) is 60.9 Å². The molecule has 0 bridgehead atoms. The zero-order valence-electron chi connectivity index (χ0n) is 17.8. The van der Waals surface area contributed by atoms with Crippen LogP contribution in [0.4, 0.5) is 8.78 Å². The van der Waals surface area contributed by atoms with Crippen molar-refractivity contribution in [1.82, 2.24) is 24.9 Å². The molecule has 8 heteroatoms. The van der Waals surface area contributed by atoms with Crippen LogP contribution < -0.4 is 5.32 Å². The lowest BCUT2D eigenvalue weighted by Crippen LogP contribution is -2.25. The van der Waals surface area contributed by atoms with E-state index in [0.717, 1.165) is 35.5 Å². The average Bonchev–Trinajstić information content (AvgIpc) is 3.34. The van der Waals surface area contributed by atoms with E-state index in [-0.39, 0.29) is 22.7 Å². The van der Waals surface area contributed by atoms with Crippen molar-refractivity contribution in [3.8, 4) is 16.9 Å². The van der Waals surface area contributed by atoms with Crippen molar-refractivity contribution >= 4 is 5.91 Å². The van der Waals surface area contributed by atoms with Crippen LogP contribution in [0.5, 0.6) is 0 Å². The summed E-state index contributed by atoms with van der Waals surface area (Å²) in [6.07, 6.45) is 5.00. The Morgan fingerprint density at radius 2 is 1.84 bits per heavy atom. The maximum atomic E-state index is 14.2. The van der Waals surface area contributed by atoms with Crippen molar-refractivity contribution in [3.63, 3.8) is 0 Å². The van der Waals surface area contributed by atoms with Gasteiger partial charge in [-0.3, -0.25) is 9.48 Å². The molecule has 0 saturated heterocycles. The van der Waals surface area contributed by atoms with Crippen molar-refractivity contribution in [3.05, 3.63) is 89.4 Å². The van der Waals surface area contributed by atoms with E-state index in [2.05, 4.69) is 15.5 Å². The molecule has 2 aromatic carbocycles. The molecule has 0 saturated carbocycles. The van der Waals surface area contributed by atoms with Crippen LogP contribution in [0, 0.1) is 18.6 Å². The molecule has 0 aliphatic rings. The molecule has 1 N–H and O–H groups in total. The third-order valence-electron chi connectivity index (χ3n) is 5.19. The van der Waals surface area contributed by atoms with Crippen LogP contribution in [0.25, 0.3) is 16.9 Å². The van der Waals surface area contributed by atoms with Crippen molar-refractivity contribution in [2.24, 2.45) is 7.05 Å². The molecule has 164 valence electrons. The highest BCUT2D eigenvalue weighted by molar-refractivity contribution is 5.99. The second-order valence-electron chi connectivity index (χ2n) is 7.57. The highest BCUT2D eigenvalue weighted by Gasteiger charge is 2.20. The average molecular weight is 435 g/mol. The topological polar surface area (TPSA) is 64.7 Å². The van der Waals surface area contributed by atoms with Gasteiger partial charge in [0.05, 0.1) is 16.9 Å². The molecule has 0 aliphatic heterocycles. The Bertz CT molecular complexity index is 1250.